The lowest BCUT2D eigenvalue weighted by Gasteiger charge is -2.02. The normalized spacial score (nSPS) is 10.8. The van der Waals surface area contributed by atoms with E-state index >= 15 is 0 Å². The first-order valence-electron chi connectivity index (χ1n) is 8.04. The maximum atomic E-state index is 12.5. The third kappa shape index (κ3) is 4.01. The van der Waals surface area contributed by atoms with Crippen LogP contribution in [0, 0.1) is 20.8 Å². The fourth-order valence-electron chi connectivity index (χ4n) is 2.25. The largest absolute Gasteiger partial charge is 0.462 e. The summed E-state index contributed by atoms with van der Waals surface area (Å²) in [4.78, 5) is 29.0. The van der Waals surface area contributed by atoms with Gasteiger partial charge in [0.2, 0.25) is 0 Å². The summed E-state index contributed by atoms with van der Waals surface area (Å²) >= 11 is 2.19. The van der Waals surface area contributed by atoms with Gasteiger partial charge in [-0.15, -0.1) is 5.10 Å². The third-order valence-electron chi connectivity index (χ3n) is 3.72. The summed E-state index contributed by atoms with van der Waals surface area (Å²) in [6.45, 7) is 7.69. The average molecular weight is 407 g/mol. The Balaban J connectivity index is 1.75. The fraction of sp³-hybridized carbons (Fsp3) is 0.400. The Bertz CT molecular complexity index is 992. The first-order valence-corrected chi connectivity index (χ1v) is 9.59. The molecule has 12 heteroatoms. The van der Waals surface area contributed by atoms with Crippen LogP contribution in [0.3, 0.4) is 0 Å². The summed E-state index contributed by atoms with van der Waals surface area (Å²) in [6.07, 6.45) is 0. The molecule has 10 nitrogen and oxygen atoms in total. The van der Waals surface area contributed by atoms with Crippen molar-refractivity contribution >= 4 is 40.1 Å². The molecule has 0 aliphatic heterocycles. The molecule has 0 saturated heterocycles. The zero-order chi connectivity index (χ0) is 19.6. The van der Waals surface area contributed by atoms with Gasteiger partial charge in [-0.25, -0.2) is 14.5 Å². The molecule has 27 heavy (non-hydrogen) atoms. The summed E-state index contributed by atoms with van der Waals surface area (Å²) in [5.41, 5.74) is 2.89. The molecule has 0 bridgehead atoms. The average Bonchev–Trinajstić information content (AvgIpc) is 3.29. The molecule has 142 valence electrons. The number of ether oxygens (including phenoxy) is 1. The Morgan fingerprint density at radius 2 is 1.96 bits per heavy atom. The van der Waals surface area contributed by atoms with Gasteiger partial charge in [0, 0.05) is 0 Å². The van der Waals surface area contributed by atoms with Crippen molar-refractivity contribution in [3.05, 3.63) is 33.3 Å². The van der Waals surface area contributed by atoms with Gasteiger partial charge in [0.05, 0.1) is 47.7 Å². The first-order chi connectivity index (χ1) is 12.9. The zero-order valence-electron chi connectivity index (χ0n) is 15.1. The van der Waals surface area contributed by atoms with Crippen LogP contribution in [0.2, 0.25) is 0 Å². The molecule has 1 N–H and O–H groups in total. The van der Waals surface area contributed by atoms with Crippen LogP contribution in [-0.4, -0.2) is 47.2 Å². The van der Waals surface area contributed by atoms with Crippen molar-refractivity contribution in [2.75, 3.05) is 11.9 Å². The maximum absolute atomic E-state index is 12.5. The quantitative estimate of drug-likeness (QED) is 0.615. The molecule has 0 atom stereocenters. The highest BCUT2D eigenvalue weighted by atomic mass is 32.1. The van der Waals surface area contributed by atoms with Gasteiger partial charge in [0.1, 0.15) is 4.88 Å². The number of esters is 1. The Morgan fingerprint density at radius 3 is 2.63 bits per heavy atom. The summed E-state index contributed by atoms with van der Waals surface area (Å²) in [7, 11) is 0. The summed E-state index contributed by atoms with van der Waals surface area (Å²) in [5, 5.41) is 10.9. The van der Waals surface area contributed by atoms with Crippen molar-refractivity contribution in [2.45, 2.75) is 34.2 Å². The van der Waals surface area contributed by atoms with Gasteiger partial charge in [0.15, 0.2) is 10.8 Å². The van der Waals surface area contributed by atoms with Gasteiger partial charge in [-0.05, 0) is 27.7 Å². The molecule has 3 aromatic rings. The second kappa shape index (κ2) is 7.88. The van der Waals surface area contributed by atoms with E-state index in [1.165, 1.54) is 0 Å². The standard InChI is InChI=1S/C15H17N7O3S2/c1-5-25-14(24)12-8(3)16-15(26-12)17-13(23)11-9(4)22(21-18-11)6-10-7(2)19-27-20-10/h5-6H2,1-4H3,(H,16,17,23). The molecular weight excluding hydrogens is 390 g/mol. The minimum Gasteiger partial charge on any atom is -0.462 e. The van der Waals surface area contributed by atoms with Crippen molar-refractivity contribution in [3.63, 3.8) is 0 Å². The van der Waals surface area contributed by atoms with E-state index in [1.54, 1.807) is 25.5 Å². The van der Waals surface area contributed by atoms with E-state index in [9.17, 15) is 9.59 Å². The summed E-state index contributed by atoms with van der Waals surface area (Å²) in [5.74, 6) is -0.904. The summed E-state index contributed by atoms with van der Waals surface area (Å²) < 4.78 is 14.9. The maximum Gasteiger partial charge on any atom is 0.350 e. The number of aromatic nitrogens is 6. The van der Waals surface area contributed by atoms with E-state index in [2.05, 4.69) is 29.4 Å². The number of nitrogens with one attached hydrogen (secondary N) is 1. The zero-order valence-corrected chi connectivity index (χ0v) is 16.8. The predicted octanol–water partition coefficient (Wildman–Crippen LogP) is 1.99. The SMILES string of the molecule is CCOC(=O)c1sc(NC(=O)c2nnn(Cc3nsnc3C)c2C)nc1C. The van der Waals surface area contributed by atoms with E-state index in [0.717, 1.165) is 34.5 Å². The number of nitrogens with zero attached hydrogens (tertiary/aromatic N) is 6. The molecule has 0 saturated carbocycles. The molecule has 3 aromatic heterocycles. The molecule has 3 heterocycles. The third-order valence-corrected chi connectivity index (χ3v) is 5.43. The van der Waals surface area contributed by atoms with Gasteiger partial charge in [-0.3, -0.25) is 10.1 Å². The van der Waals surface area contributed by atoms with Gasteiger partial charge in [0.25, 0.3) is 5.91 Å². The molecule has 0 aliphatic rings. The lowest BCUT2D eigenvalue weighted by molar-refractivity contribution is 0.0531. The molecule has 0 spiro atoms. The Hall–Kier alpha value is -2.73. The second-order valence-electron chi connectivity index (χ2n) is 5.59. The van der Waals surface area contributed by atoms with Gasteiger partial charge >= 0.3 is 5.97 Å². The predicted molar refractivity (Wildman–Crippen MR) is 99.3 cm³/mol. The minimum atomic E-state index is -0.456. The smallest absolute Gasteiger partial charge is 0.350 e. The number of carbonyl (C=O) groups excluding carboxylic acids is 2. The van der Waals surface area contributed by atoms with Crippen LogP contribution >= 0.6 is 23.1 Å². The van der Waals surface area contributed by atoms with Gasteiger partial charge in [-0.1, -0.05) is 16.6 Å². The van der Waals surface area contributed by atoms with Crippen LogP contribution in [0.5, 0.6) is 0 Å². The number of carbonyl (C=O) groups is 2. The number of rotatable bonds is 6. The number of aryl methyl sites for hydroxylation is 2. The molecule has 0 aliphatic carbocycles. The van der Waals surface area contributed by atoms with Gasteiger partial charge in [-0.2, -0.15) is 8.75 Å². The highest BCUT2D eigenvalue weighted by molar-refractivity contribution is 7.17. The lowest BCUT2D eigenvalue weighted by atomic mass is 10.3. The Labute approximate surface area is 162 Å². The molecule has 0 radical (unpaired) electrons. The fourth-order valence-corrected chi connectivity index (χ4v) is 3.66. The van der Waals surface area contributed by atoms with E-state index in [0.29, 0.717) is 27.9 Å². The molecule has 0 aromatic carbocycles. The molecule has 3 rings (SSSR count). The van der Waals surface area contributed by atoms with E-state index in [1.807, 2.05) is 6.92 Å². The number of hydrogen-bond donors (Lipinski definition) is 1. The van der Waals surface area contributed by atoms with Crippen molar-refractivity contribution in [3.8, 4) is 0 Å². The topological polar surface area (TPSA) is 125 Å². The van der Waals surface area contributed by atoms with E-state index in [4.69, 9.17) is 4.74 Å². The number of anilines is 1. The van der Waals surface area contributed by atoms with Crippen LogP contribution in [0.1, 0.15) is 49.9 Å². The van der Waals surface area contributed by atoms with Crippen LogP contribution in [-0.2, 0) is 11.3 Å². The van der Waals surface area contributed by atoms with Crippen molar-refractivity contribution in [2.24, 2.45) is 0 Å². The van der Waals surface area contributed by atoms with Crippen molar-refractivity contribution in [1.82, 2.24) is 28.7 Å². The molecular formula is C15H17N7O3S2. The minimum absolute atomic E-state index is 0.182. The van der Waals surface area contributed by atoms with Crippen LogP contribution < -0.4 is 5.32 Å². The van der Waals surface area contributed by atoms with E-state index in [-0.39, 0.29) is 12.3 Å². The lowest BCUT2D eigenvalue weighted by Crippen LogP contribution is -2.14. The molecule has 0 unspecified atom stereocenters. The molecule has 0 fully saturated rings. The summed E-state index contributed by atoms with van der Waals surface area (Å²) in [6, 6.07) is 0. The first kappa shape index (κ1) is 19.0. The van der Waals surface area contributed by atoms with Crippen LogP contribution in [0.25, 0.3) is 0 Å². The Kier molecular flexibility index (Phi) is 5.56. The highest BCUT2D eigenvalue weighted by Gasteiger charge is 2.21. The van der Waals surface area contributed by atoms with Crippen molar-refractivity contribution in [1.29, 1.82) is 0 Å². The number of hydrogen-bond acceptors (Lipinski definition) is 10. The second-order valence-corrected chi connectivity index (χ2v) is 7.11. The monoisotopic (exact) mass is 407 g/mol. The number of amides is 1. The van der Waals surface area contributed by atoms with Gasteiger partial charge < -0.3 is 4.74 Å². The highest BCUT2D eigenvalue weighted by Crippen LogP contribution is 2.24. The van der Waals surface area contributed by atoms with Crippen molar-refractivity contribution < 1.29 is 14.3 Å². The van der Waals surface area contributed by atoms with E-state index < -0.39 is 11.9 Å². The van der Waals surface area contributed by atoms with Crippen LogP contribution in [0.4, 0.5) is 5.13 Å². The Morgan fingerprint density at radius 1 is 1.19 bits per heavy atom. The van der Waals surface area contributed by atoms with Crippen LogP contribution in [0.15, 0.2) is 0 Å². The molecule has 1 amide bonds. The number of thiazole rings is 1.